The lowest BCUT2D eigenvalue weighted by atomic mass is 10.3. The lowest BCUT2D eigenvalue weighted by Gasteiger charge is -2.25. The Morgan fingerprint density at radius 2 is 1.91 bits per heavy atom. The van der Waals surface area contributed by atoms with Crippen molar-refractivity contribution in [3.8, 4) is 0 Å². The van der Waals surface area contributed by atoms with Crippen molar-refractivity contribution in [2.75, 3.05) is 39.5 Å². The third-order valence-electron chi connectivity index (χ3n) is 3.85. The summed E-state index contributed by atoms with van der Waals surface area (Å²) in [5.74, 6) is 0. The zero-order chi connectivity index (χ0) is 17.1. The molecule has 0 N–H and O–H groups in total. The molecule has 1 heterocycles. The van der Waals surface area contributed by atoms with Crippen LogP contribution in [0.15, 0.2) is 0 Å². The van der Waals surface area contributed by atoms with Crippen LogP contribution in [-0.2, 0) is 18.3 Å². The maximum atomic E-state index is 11.7. The lowest BCUT2D eigenvalue weighted by Crippen LogP contribution is -2.38. The van der Waals surface area contributed by atoms with E-state index in [1.165, 1.54) is 0 Å². The average Bonchev–Trinajstić information content (AvgIpc) is 2.85. The van der Waals surface area contributed by atoms with Crippen molar-refractivity contribution in [2.24, 2.45) is 0 Å². The van der Waals surface area contributed by atoms with E-state index >= 15 is 0 Å². The number of carbonyl (C=O) groups excluding carboxylic acids is 1. The minimum Gasteiger partial charge on any atom is -0.442 e. The van der Waals surface area contributed by atoms with E-state index in [9.17, 15) is 4.79 Å². The van der Waals surface area contributed by atoms with Gasteiger partial charge in [0.05, 0.1) is 13.2 Å². The second kappa shape index (κ2) is 11.0. The number of hydrogen-bond acceptors (Lipinski definition) is 5. The Hall–Kier alpha value is -0.633. The van der Waals surface area contributed by atoms with Gasteiger partial charge in [-0.1, -0.05) is 13.3 Å². The topological polar surface area (TPSA) is 57.2 Å². The van der Waals surface area contributed by atoms with Gasteiger partial charge in [0.1, 0.15) is 6.10 Å². The van der Waals surface area contributed by atoms with Crippen LogP contribution in [-0.4, -0.2) is 65.2 Å². The highest BCUT2D eigenvalue weighted by molar-refractivity contribution is 6.66. The van der Waals surface area contributed by atoms with E-state index in [-0.39, 0.29) is 12.2 Å². The van der Waals surface area contributed by atoms with Gasteiger partial charge in [0.2, 0.25) is 0 Å². The minimum absolute atomic E-state index is 0.137. The van der Waals surface area contributed by atoms with Gasteiger partial charge >= 0.3 is 14.7 Å². The summed E-state index contributed by atoms with van der Waals surface area (Å²) < 4.78 is 22.6. The maximum absolute atomic E-state index is 11.7. The van der Waals surface area contributed by atoms with Crippen molar-refractivity contribution < 1.29 is 23.1 Å². The van der Waals surface area contributed by atoms with E-state index in [0.717, 1.165) is 31.9 Å². The number of carbonyl (C=O) groups is 1. The Labute approximate surface area is 141 Å². The monoisotopic (exact) mass is 347 g/mol. The highest BCUT2D eigenvalue weighted by atomic mass is 28.4. The number of amides is 1. The van der Waals surface area contributed by atoms with Gasteiger partial charge in [-0.2, -0.15) is 0 Å². The Morgan fingerprint density at radius 3 is 2.52 bits per heavy atom. The number of ether oxygens (including phenoxy) is 2. The Bertz CT molecular complexity index is 336. The van der Waals surface area contributed by atoms with Gasteiger partial charge in [0, 0.05) is 26.4 Å². The lowest BCUT2D eigenvalue weighted by molar-refractivity contribution is 0.0453. The largest absolute Gasteiger partial charge is 0.442 e. The van der Waals surface area contributed by atoms with Gasteiger partial charge in [-0.05, 0) is 39.3 Å². The fourth-order valence-corrected chi connectivity index (χ4v) is 5.08. The Balaban J connectivity index is 2.16. The summed E-state index contributed by atoms with van der Waals surface area (Å²) in [5.41, 5.74) is 0. The van der Waals surface area contributed by atoms with Crippen LogP contribution in [0, 0.1) is 0 Å². The third kappa shape index (κ3) is 7.65. The Kier molecular flexibility index (Phi) is 9.77. The van der Waals surface area contributed by atoms with E-state index < -0.39 is 8.56 Å². The zero-order valence-electron chi connectivity index (χ0n) is 15.1. The van der Waals surface area contributed by atoms with Gasteiger partial charge in [0.25, 0.3) is 0 Å². The number of nitrogens with zero attached hydrogens (tertiary/aromatic N) is 1. The molecule has 1 aliphatic rings. The average molecular weight is 348 g/mol. The summed E-state index contributed by atoms with van der Waals surface area (Å²) in [5, 5.41) is 0. The molecule has 1 unspecified atom stereocenters. The molecule has 1 saturated heterocycles. The highest BCUT2D eigenvalue weighted by Gasteiger charge is 2.31. The van der Waals surface area contributed by atoms with Crippen LogP contribution in [0.5, 0.6) is 0 Å². The van der Waals surface area contributed by atoms with Crippen molar-refractivity contribution >= 4 is 14.7 Å². The predicted octanol–water partition coefficient (Wildman–Crippen LogP) is 3.16. The molecule has 1 amide bonds. The fourth-order valence-electron chi connectivity index (χ4n) is 2.70. The van der Waals surface area contributed by atoms with Crippen molar-refractivity contribution in [2.45, 2.75) is 58.7 Å². The van der Waals surface area contributed by atoms with E-state index in [0.29, 0.717) is 33.0 Å². The van der Waals surface area contributed by atoms with Crippen LogP contribution >= 0.6 is 0 Å². The summed E-state index contributed by atoms with van der Waals surface area (Å²) >= 11 is 0. The molecule has 23 heavy (non-hydrogen) atoms. The highest BCUT2D eigenvalue weighted by Crippen LogP contribution is 2.17. The molecule has 0 radical (unpaired) electrons. The zero-order valence-corrected chi connectivity index (χ0v) is 16.1. The summed E-state index contributed by atoms with van der Waals surface area (Å²) in [6, 6.07) is 0.918. The van der Waals surface area contributed by atoms with Gasteiger partial charge < -0.3 is 23.2 Å². The van der Waals surface area contributed by atoms with Crippen molar-refractivity contribution in [1.82, 2.24) is 4.90 Å². The fraction of sp³-hybridized carbons (Fsp3) is 0.938. The van der Waals surface area contributed by atoms with Crippen LogP contribution in [0.4, 0.5) is 4.79 Å². The molecule has 0 aromatic carbocycles. The molecule has 1 rings (SSSR count). The smallest absolute Gasteiger partial charge is 0.410 e. The van der Waals surface area contributed by atoms with Gasteiger partial charge in [-0.3, -0.25) is 0 Å². The molecule has 0 aromatic heterocycles. The number of hydrogen-bond donors (Lipinski definition) is 0. The molecule has 136 valence electrons. The third-order valence-corrected chi connectivity index (χ3v) is 6.91. The molecule has 7 heteroatoms. The molecule has 0 saturated carbocycles. The van der Waals surface area contributed by atoms with Crippen LogP contribution in [0.25, 0.3) is 0 Å². The van der Waals surface area contributed by atoms with E-state index in [1.807, 2.05) is 13.8 Å². The molecular weight excluding hydrogens is 314 g/mol. The molecule has 1 atom stereocenters. The normalized spacial score (nSPS) is 18.5. The first-order chi connectivity index (χ1) is 11.0. The summed E-state index contributed by atoms with van der Waals surface area (Å²) in [4.78, 5) is 13.4. The first-order valence-electron chi connectivity index (χ1n) is 8.85. The van der Waals surface area contributed by atoms with Crippen LogP contribution < -0.4 is 0 Å². The molecule has 1 fully saturated rings. The molecule has 1 aliphatic heterocycles. The first kappa shape index (κ1) is 20.4. The number of unbranched alkanes of at least 4 members (excludes halogenated alkanes) is 1. The van der Waals surface area contributed by atoms with Crippen molar-refractivity contribution in [3.05, 3.63) is 0 Å². The van der Waals surface area contributed by atoms with Gasteiger partial charge in [-0.25, -0.2) is 4.79 Å². The molecule has 0 aromatic rings. The maximum Gasteiger partial charge on any atom is 0.410 e. The van der Waals surface area contributed by atoms with Crippen LogP contribution in [0.1, 0.15) is 40.0 Å². The second-order valence-corrected chi connectivity index (χ2v) is 9.33. The van der Waals surface area contributed by atoms with E-state index in [4.69, 9.17) is 18.3 Å². The molecule has 6 nitrogen and oxygen atoms in total. The summed E-state index contributed by atoms with van der Waals surface area (Å²) in [7, 11) is -2.04. The van der Waals surface area contributed by atoms with Gasteiger partial charge in [-0.15, -0.1) is 0 Å². The van der Waals surface area contributed by atoms with Gasteiger partial charge in [0.15, 0.2) is 0 Å². The molecular formula is C16H33NO5Si. The SMILES string of the molecule is CCCCN1CC(COCCC[Si](C)(OCC)OCC)OC1=O. The quantitative estimate of drug-likeness (QED) is 0.378. The second-order valence-electron chi connectivity index (χ2n) is 5.98. The number of rotatable bonds is 13. The predicted molar refractivity (Wildman–Crippen MR) is 91.9 cm³/mol. The minimum atomic E-state index is -2.04. The van der Waals surface area contributed by atoms with E-state index in [2.05, 4.69) is 13.5 Å². The van der Waals surface area contributed by atoms with Crippen molar-refractivity contribution in [1.29, 1.82) is 0 Å². The Morgan fingerprint density at radius 1 is 1.22 bits per heavy atom. The molecule has 0 aliphatic carbocycles. The molecule has 0 bridgehead atoms. The molecule has 0 spiro atoms. The van der Waals surface area contributed by atoms with Crippen molar-refractivity contribution in [3.63, 3.8) is 0 Å². The van der Waals surface area contributed by atoms with E-state index in [1.54, 1.807) is 4.90 Å². The summed E-state index contributed by atoms with van der Waals surface area (Å²) in [6.07, 6.45) is 2.65. The standard InChI is InChI=1S/C16H33NO5Si/c1-5-8-10-17-13-15(22-16(17)18)14-19-11-9-12-23(4,20-6-2)21-7-3/h15H,5-14H2,1-4H3. The van der Waals surface area contributed by atoms with Crippen LogP contribution in [0.2, 0.25) is 12.6 Å². The summed E-state index contributed by atoms with van der Waals surface area (Å²) in [6.45, 7) is 12.1. The first-order valence-corrected chi connectivity index (χ1v) is 11.4. The van der Waals surface area contributed by atoms with Crippen LogP contribution in [0.3, 0.4) is 0 Å². The number of cyclic esters (lactones) is 1.